The highest BCUT2D eigenvalue weighted by Gasteiger charge is 2.42. The number of nitrogens with one attached hydrogen (secondary N) is 2. The van der Waals surface area contributed by atoms with Crippen LogP contribution in [0.15, 0.2) is 27.1 Å². The van der Waals surface area contributed by atoms with Gasteiger partial charge in [-0.1, -0.05) is 12.5 Å². The van der Waals surface area contributed by atoms with Crippen molar-refractivity contribution in [3.63, 3.8) is 0 Å². The molecule has 3 atom stereocenters. The summed E-state index contributed by atoms with van der Waals surface area (Å²) in [7, 11) is 0. The molecule has 2 aliphatic rings. The molecule has 0 aromatic heterocycles. The Balaban J connectivity index is 1.75. The van der Waals surface area contributed by atoms with Crippen LogP contribution in [0.1, 0.15) is 19.3 Å². The summed E-state index contributed by atoms with van der Waals surface area (Å²) in [5.74, 6) is 1.29. The van der Waals surface area contributed by atoms with E-state index in [1.165, 1.54) is 19.3 Å². The van der Waals surface area contributed by atoms with Crippen LogP contribution < -0.4 is 10.6 Å². The van der Waals surface area contributed by atoms with Crippen molar-refractivity contribution in [2.45, 2.75) is 25.3 Å². The molecule has 3 nitrogen and oxygen atoms in total. The standard InChI is InChI=1S/C14H16Br2N2O/c15-10-5-2-6-11(16)13(10)18-14(19)12-9-4-1-3-8(9)7-17-12/h2,5-6,8-9,12,17H,1,3-4,7H2,(H,18,19). The van der Waals surface area contributed by atoms with E-state index in [9.17, 15) is 4.79 Å². The second-order valence-corrected chi connectivity index (χ2v) is 7.04. The molecule has 0 bridgehead atoms. The summed E-state index contributed by atoms with van der Waals surface area (Å²) < 4.78 is 1.80. The van der Waals surface area contributed by atoms with Crippen molar-refractivity contribution >= 4 is 43.5 Å². The molecule has 3 rings (SSSR count). The lowest BCUT2D eigenvalue weighted by molar-refractivity contribution is -0.118. The Morgan fingerprint density at radius 1 is 1.26 bits per heavy atom. The third kappa shape index (κ3) is 2.60. The van der Waals surface area contributed by atoms with E-state index >= 15 is 0 Å². The molecule has 2 fully saturated rings. The third-order valence-corrected chi connectivity index (χ3v) is 5.56. The average Bonchev–Trinajstić information content (AvgIpc) is 2.95. The quantitative estimate of drug-likeness (QED) is 0.814. The Hall–Kier alpha value is -0.390. The normalized spacial score (nSPS) is 29.3. The van der Waals surface area contributed by atoms with Crippen LogP contribution >= 0.6 is 31.9 Å². The van der Waals surface area contributed by atoms with E-state index in [0.717, 1.165) is 21.2 Å². The van der Waals surface area contributed by atoms with Gasteiger partial charge in [0.15, 0.2) is 0 Å². The third-order valence-electron chi connectivity index (χ3n) is 4.24. The van der Waals surface area contributed by atoms with Crippen molar-refractivity contribution in [2.75, 3.05) is 11.9 Å². The molecule has 1 amide bonds. The fourth-order valence-corrected chi connectivity index (χ4v) is 4.49. The van der Waals surface area contributed by atoms with E-state index < -0.39 is 0 Å². The predicted molar refractivity (Wildman–Crippen MR) is 83.1 cm³/mol. The molecule has 1 aromatic carbocycles. The van der Waals surface area contributed by atoms with E-state index in [2.05, 4.69) is 42.5 Å². The number of hydrogen-bond acceptors (Lipinski definition) is 2. The van der Waals surface area contributed by atoms with Crippen molar-refractivity contribution in [2.24, 2.45) is 11.8 Å². The van der Waals surface area contributed by atoms with Gasteiger partial charge in [0.1, 0.15) is 0 Å². The number of rotatable bonds is 2. The fraction of sp³-hybridized carbons (Fsp3) is 0.500. The highest BCUT2D eigenvalue weighted by molar-refractivity contribution is 9.11. The fourth-order valence-electron chi connectivity index (χ4n) is 3.29. The molecular weight excluding hydrogens is 372 g/mol. The van der Waals surface area contributed by atoms with Crippen molar-refractivity contribution in [3.05, 3.63) is 27.1 Å². The van der Waals surface area contributed by atoms with Crippen LogP contribution in [0.4, 0.5) is 5.69 Å². The minimum atomic E-state index is -0.0356. The maximum absolute atomic E-state index is 12.4. The summed E-state index contributed by atoms with van der Waals surface area (Å²) in [5, 5.41) is 6.41. The van der Waals surface area contributed by atoms with Crippen LogP contribution in [0, 0.1) is 11.8 Å². The molecule has 1 aliphatic heterocycles. The molecule has 5 heteroatoms. The van der Waals surface area contributed by atoms with Gasteiger partial charge >= 0.3 is 0 Å². The highest BCUT2D eigenvalue weighted by atomic mass is 79.9. The number of fused-ring (bicyclic) bond motifs is 1. The van der Waals surface area contributed by atoms with Gasteiger partial charge < -0.3 is 10.6 Å². The van der Waals surface area contributed by atoms with Crippen LogP contribution in [-0.4, -0.2) is 18.5 Å². The summed E-state index contributed by atoms with van der Waals surface area (Å²) in [4.78, 5) is 12.4. The average molecular weight is 388 g/mol. The molecule has 102 valence electrons. The maximum atomic E-state index is 12.4. The molecule has 1 aliphatic carbocycles. The van der Waals surface area contributed by atoms with Gasteiger partial charge in [-0.05, 0) is 75.2 Å². The zero-order valence-corrected chi connectivity index (χ0v) is 13.6. The number of benzene rings is 1. The van der Waals surface area contributed by atoms with Gasteiger partial charge in [-0.15, -0.1) is 0 Å². The molecule has 1 saturated carbocycles. The Bertz CT molecular complexity index is 486. The molecule has 2 N–H and O–H groups in total. The van der Waals surface area contributed by atoms with Gasteiger partial charge in [0.05, 0.1) is 11.7 Å². The van der Waals surface area contributed by atoms with Gasteiger partial charge in [-0.3, -0.25) is 4.79 Å². The Kier molecular flexibility index (Phi) is 3.96. The van der Waals surface area contributed by atoms with Crippen LogP contribution in [0.25, 0.3) is 0 Å². The van der Waals surface area contributed by atoms with Crippen molar-refractivity contribution in [1.82, 2.24) is 5.32 Å². The minimum absolute atomic E-state index is 0.0356. The number of anilines is 1. The van der Waals surface area contributed by atoms with Crippen LogP contribution in [0.2, 0.25) is 0 Å². The number of hydrogen-bond donors (Lipinski definition) is 2. The molecule has 3 unspecified atom stereocenters. The minimum Gasteiger partial charge on any atom is -0.323 e. The first-order valence-electron chi connectivity index (χ1n) is 6.65. The number of carbonyl (C=O) groups is 1. The molecule has 19 heavy (non-hydrogen) atoms. The lowest BCUT2D eigenvalue weighted by Crippen LogP contribution is -2.39. The summed E-state index contributed by atoms with van der Waals surface area (Å²) in [5.41, 5.74) is 0.816. The van der Waals surface area contributed by atoms with Crippen LogP contribution in [-0.2, 0) is 4.79 Å². The molecule has 1 aromatic rings. The number of carbonyl (C=O) groups excluding carboxylic acids is 1. The Morgan fingerprint density at radius 2 is 2.00 bits per heavy atom. The molecule has 0 radical (unpaired) electrons. The number of amides is 1. The highest BCUT2D eigenvalue weighted by Crippen LogP contribution is 2.38. The number of para-hydroxylation sites is 1. The van der Waals surface area contributed by atoms with Gasteiger partial charge in [0.25, 0.3) is 0 Å². The lowest BCUT2D eigenvalue weighted by atomic mass is 9.93. The Labute approximate surface area is 129 Å². The summed E-state index contributed by atoms with van der Waals surface area (Å²) in [6, 6.07) is 5.76. The molecule has 1 saturated heterocycles. The second-order valence-electron chi connectivity index (χ2n) is 5.33. The van der Waals surface area contributed by atoms with E-state index in [4.69, 9.17) is 0 Å². The zero-order chi connectivity index (χ0) is 13.4. The Morgan fingerprint density at radius 3 is 2.74 bits per heavy atom. The van der Waals surface area contributed by atoms with Crippen molar-refractivity contribution in [1.29, 1.82) is 0 Å². The largest absolute Gasteiger partial charge is 0.323 e. The summed E-state index contributed by atoms with van der Waals surface area (Å²) in [6.45, 7) is 0.986. The lowest BCUT2D eigenvalue weighted by Gasteiger charge is -2.18. The van der Waals surface area contributed by atoms with E-state index in [-0.39, 0.29) is 11.9 Å². The first-order chi connectivity index (χ1) is 9.16. The SMILES string of the molecule is O=C(Nc1c(Br)cccc1Br)C1NCC2CCCC21. The number of halogens is 2. The smallest absolute Gasteiger partial charge is 0.241 e. The van der Waals surface area contributed by atoms with Crippen LogP contribution in [0.3, 0.4) is 0 Å². The summed E-state index contributed by atoms with van der Waals surface area (Å²) >= 11 is 6.95. The van der Waals surface area contributed by atoms with E-state index in [1.807, 2.05) is 18.2 Å². The first kappa shape index (κ1) is 13.6. The van der Waals surface area contributed by atoms with Crippen molar-refractivity contribution in [3.8, 4) is 0 Å². The predicted octanol–water partition coefficient (Wildman–Crippen LogP) is 3.54. The zero-order valence-electron chi connectivity index (χ0n) is 10.5. The van der Waals surface area contributed by atoms with Crippen molar-refractivity contribution < 1.29 is 4.79 Å². The van der Waals surface area contributed by atoms with Gasteiger partial charge in [-0.25, -0.2) is 0 Å². The molecular formula is C14H16Br2N2O. The van der Waals surface area contributed by atoms with E-state index in [0.29, 0.717) is 11.8 Å². The summed E-state index contributed by atoms with van der Waals surface area (Å²) in [6.07, 6.45) is 3.70. The van der Waals surface area contributed by atoms with Gasteiger partial charge in [0.2, 0.25) is 5.91 Å². The maximum Gasteiger partial charge on any atom is 0.241 e. The monoisotopic (exact) mass is 386 g/mol. The topological polar surface area (TPSA) is 41.1 Å². The molecule has 1 heterocycles. The first-order valence-corrected chi connectivity index (χ1v) is 8.23. The van der Waals surface area contributed by atoms with Gasteiger partial charge in [-0.2, -0.15) is 0 Å². The van der Waals surface area contributed by atoms with E-state index in [1.54, 1.807) is 0 Å². The molecule has 0 spiro atoms. The second kappa shape index (κ2) is 5.54. The van der Waals surface area contributed by atoms with Crippen LogP contribution in [0.5, 0.6) is 0 Å². The van der Waals surface area contributed by atoms with Gasteiger partial charge in [0, 0.05) is 8.95 Å².